The Morgan fingerprint density at radius 3 is 2.59 bits per heavy atom. The molecule has 0 amide bonds. The highest BCUT2D eigenvalue weighted by Gasteiger charge is 2.26. The topological polar surface area (TPSA) is 0 Å². The van der Waals surface area contributed by atoms with Crippen molar-refractivity contribution in [1.29, 1.82) is 0 Å². The summed E-state index contributed by atoms with van der Waals surface area (Å²) in [5, 5.41) is 0. The van der Waals surface area contributed by atoms with Crippen LogP contribution >= 0.6 is 0 Å². The van der Waals surface area contributed by atoms with Gasteiger partial charge >= 0.3 is 0 Å². The molecule has 0 spiro atoms. The summed E-state index contributed by atoms with van der Waals surface area (Å²) in [7, 11) is 0. The van der Waals surface area contributed by atoms with Crippen molar-refractivity contribution >= 4 is 0 Å². The van der Waals surface area contributed by atoms with Gasteiger partial charge in [0, 0.05) is 0 Å². The van der Waals surface area contributed by atoms with Gasteiger partial charge in [0.2, 0.25) is 0 Å². The summed E-state index contributed by atoms with van der Waals surface area (Å²) in [5.74, 6) is 0. The van der Waals surface area contributed by atoms with Gasteiger partial charge in [-0.05, 0) is 51.0 Å². The van der Waals surface area contributed by atoms with Gasteiger partial charge in [0.1, 0.15) is 0 Å². The second-order valence-electron chi connectivity index (χ2n) is 5.70. The maximum absolute atomic E-state index is 2.36. The molecule has 0 bridgehead atoms. The lowest BCUT2D eigenvalue weighted by atomic mass is 9.72. The molecule has 0 unspecified atom stereocenters. The molecule has 1 rings (SSSR count). The van der Waals surface area contributed by atoms with Crippen LogP contribution in [-0.2, 0) is 0 Å². The molecule has 1 aliphatic carbocycles. The smallest absolute Gasteiger partial charge is 0.0104 e. The van der Waals surface area contributed by atoms with Crippen molar-refractivity contribution < 1.29 is 0 Å². The van der Waals surface area contributed by atoms with Gasteiger partial charge in [-0.2, -0.15) is 0 Å². The average Bonchev–Trinajstić information content (AvgIpc) is 2.24. The lowest BCUT2D eigenvalue weighted by molar-refractivity contribution is 0.377. The first-order valence-corrected chi connectivity index (χ1v) is 6.65. The number of hydrogen-bond donors (Lipinski definition) is 0. The highest BCUT2D eigenvalue weighted by atomic mass is 14.3. The monoisotopic (exact) mass is 230 g/mol. The van der Waals surface area contributed by atoms with Gasteiger partial charge in [-0.1, -0.05) is 55.4 Å². The van der Waals surface area contributed by atoms with Crippen molar-refractivity contribution in [1.82, 2.24) is 0 Å². The highest BCUT2D eigenvalue weighted by molar-refractivity contribution is 5.36. The number of hydrogen-bond acceptors (Lipinski definition) is 0. The maximum atomic E-state index is 2.36. The van der Waals surface area contributed by atoms with E-state index < -0.39 is 0 Å². The minimum absolute atomic E-state index is 0.347. The molecule has 0 saturated heterocycles. The third kappa shape index (κ3) is 4.03. The Morgan fingerprint density at radius 1 is 1.29 bits per heavy atom. The Kier molecular flexibility index (Phi) is 4.99. The van der Waals surface area contributed by atoms with E-state index in [1.165, 1.54) is 30.4 Å². The van der Waals surface area contributed by atoms with E-state index >= 15 is 0 Å². The molecule has 0 aliphatic heterocycles. The van der Waals surface area contributed by atoms with Crippen LogP contribution in [0.1, 0.15) is 53.9 Å². The predicted molar refractivity (Wildman–Crippen MR) is 78.0 cm³/mol. The summed E-state index contributed by atoms with van der Waals surface area (Å²) < 4.78 is 0. The molecule has 0 fully saturated rings. The van der Waals surface area contributed by atoms with Gasteiger partial charge in [-0.3, -0.25) is 0 Å². The zero-order valence-electron chi connectivity index (χ0n) is 12.0. The minimum atomic E-state index is 0.347. The molecule has 1 aliphatic rings. The largest absolute Gasteiger partial charge is 0.0877 e. The summed E-state index contributed by atoms with van der Waals surface area (Å²) in [6.07, 6.45) is 14.8. The molecule has 0 heteroatoms. The van der Waals surface area contributed by atoms with Crippen LogP contribution in [0.4, 0.5) is 0 Å². The second kappa shape index (κ2) is 6.05. The third-order valence-corrected chi connectivity index (χ3v) is 3.61. The van der Waals surface area contributed by atoms with Gasteiger partial charge in [0.25, 0.3) is 0 Å². The SMILES string of the molecule is CC=CC=C(C)C=CC1=C(C)CCCC1(C)C. The van der Waals surface area contributed by atoms with E-state index in [9.17, 15) is 0 Å². The maximum Gasteiger partial charge on any atom is -0.0104 e. The first-order chi connectivity index (χ1) is 7.97. The lowest BCUT2D eigenvalue weighted by Gasteiger charge is -2.32. The van der Waals surface area contributed by atoms with Crippen molar-refractivity contribution in [3.63, 3.8) is 0 Å². The summed E-state index contributed by atoms with van der Waals surface area (Å²) in [6, 6.07) is 0. The third-order valence-electron chi connectivity index (χ3n) is 3.61. The minimum Gasteiger partial charge on any atom is -0.0877 e. The van der Waals surface area contributed by atoms with Crippen LogP contribution < -0.4 is 0 Å². The summed E-state index contributed by atoms with van der Waals surface area (Å²) >= 11 is 0. The van der Waals surface area contributed by atoms with Crippen LogP contribution in [0.15, 0.2) is 47.1 Å². The molecular formula is C17H26. The van der Waals surface area contributed by atoms with E-state index in [4.69, 9.17) is 0 Å². The molecular weight excluding hydrogens is 204 g/mol. The molecule has 0 nitrogen and oxygen atoms in total. The molecule has 0 N–H and O–H groups in total. The van der Waals surface area contributed by atoms with Crippen molar-refractivity contribution in [2.24, 2.45) is 5.41 Å². The Balaban J connectivity index is 2.89. The fraction of sp³-hybridized carbons (Fsp3) is 0.529. The molecule has 94 valence electrons. The van der Waals surface area contributed by atoms with E-state index in [1.807, 2.05) is 6.92 Å². The fourth-order valence-electron chi connectivity index (χ4n) is 2.53. The summed E-state index contributed by atoms with van der Waals surface area (Å²) in [4.78, 5) is 0. The fourth-order valence-corrected chi connectivity index (χ4v) is 2.53. The Labute approximate surface area is 107 Å². The molecule has 0 aromatic carbocycles. The van der Waals surface area contributed by atoms with Gasteiger partial charge in [-0.25, -0.2) is 0 Å². The zero-order chi connectivity index (χ0) is 12.9. The lowest BCUT2D eigenvalue weighted by Crippen LogP contribution is -2.19. The van der Waals surface area contributed by atoms with Crippen molar-refractivity contribution in [2.45, 2.75) is 53.9 Å². The molecule has 0 aromatic rings. The van der Waals surface area contributed by atoms with Crippen molar-refractivity contribution in [2.75, 3.05) is 0 Å². The van der Waals surface area contributed by atoms with Crippen LogP contribution in [0.5, 0.6) is 0 Å². The summed E-state index contributed by atoms with van der Waals surface area (Å²) in [6.45, 7) is 11.2. The molecule has 0 radical (unpaired) electrons. The molecule has 0 heterocycles. The van der Waals surface area contributed by atoms with Crippen molar-refractivity contribution in [3.8, 4) is 0 Å². The first-order valence-electron chi connectivity index (χ1n) is 6.65. The van der Waals surface area contributed by atoms with Gasteiger partial charge in [0.15, 0.2) is 0 Å². The van der Waals surface area contributed by atoms with Crippen molar-refractivity contribution in [3.05, 3.63) is 47.1 Å². The predicted octanol–water partition coefficient (Wildman–Crippen LogP) is 5.59. The molecule has 0 atom stereocenters. The Bertz CT molecular complexity index is 373. The first kappa shape index (κ1) is 14.0. The Morgan fingerprint density at radius 2 is 2.00 bits per heavy atom. The van der Waals surface area contributed by atoms with E-state index in [-0.39, 0.29) is 0 Å². The van der Waals surface area contributed by atoms with E-state index in [1.54, 1.807) is 5.57 Å². The van der Waals surface area contributed by atoms with Crippen LogP contribution in [0.2, 0.25) is 0 Å². The van der Waals surface area contributed by atoms with Crippen LogP contribution in [0, 0.1) is 5.41 Å². The standard InChI is InChI=1S/C17H26/c1-6-7-9-14(2)11-12-16-15(3)10-8-13-17(16,4)5/h6-7,9,11-12H,8,10,13H2,1-5H3. The van der Waals surface area contributed by atoms with Gasteiger partial charge in [-0.15, -0.1) is 0 Å². The van der Waals surface area contributed by atoms with E-state index in [0.717, 1.165) is 0 Å². The number of allylic oxidation sites excluding steroid dienone is 8. The molecule has 17 heavy (non-hydrogen) atoms. The van der Waals surface area contributed by atoms with Crippen LogP contribution in [0.3, 0.4) is 0 Å². The Hall–Kier alpha value is -1.04. The highest BCUT2D eigenvalue weighted by Crippen LogP contribution is 2.40. The van der Waals surface area contributed by atoms with Gasteiger partial charge < -0.3 is 0 Å². The van der Waals surface area contributed by atoms with Crippen LogP contribution in [-0.4, -0.2) is 0 Å². The zero-order valence-corrected chi connectivity index (χ0v) is 12.0. The van der Waals surface area contributed by atoms with Crippen LogP contribution in [0.25, 0.3) is 0 Å². The quantitative estimate of drug-likeness (QED) is 0.554. The molecule has 0 aromatic heterocycles. The summed E-state index contributed by atoms with van der Waals surface area (Å²) in [5.41, 5.74) is 4.76. The number of rotatable bonds is 3. The average molecular weight is 230 g/mol. The van der Waals surface area contributed by atoms with E-state index in [0.29, 0.717) is 5.41 Å². The van der Waals surface area contributed by atoms with Gasteiger partial charge in [0.05, 0.1) is 0 Å². The normalized spacial score (nSPS) is 21.8. The van der Waals surface area contributed by atoms with E-state index in [2.05, 4.69) is 58.1 Å². The second-order valence-corrected chi connectivity index (χ2v) is 5.70. The molecule has 0 saturated carbocycles.